The second-order valence-electron chi connectivity index (χ2n) is 6.82. The van der Waals surface area contributed by atoms with E-state index in [1.54, 1.807) is 6.07 Å². The minimum atomic E-state index is -0.161. The Hall–Kier alpha value is -2.95. The van der Waals surface area contributed by atoms with Crippen LogP contribution in [0.1, 0.15) is 36.7 Å². The summed E-state index contributed by atoms with van der Waals surface area (Å²) in [7, 11) is 0. The number of H-pyrrole nitrogens is 1. The maximum absolute atomic E-state index is 12.4. The summed E-state index contributed by atoms with van der Waals surface area (Å²) in [6, 6.07) is 17.4. The number of hydrogen-bond donors (Lipinski definition) is 2. The van der Waals surface area contributed by atoms with Gasteiger partial charge in [0.15, 0.2) is 0 Å². The molecule has 26 heavy (non-hydrogen) atoms. The lowest BCUT2D eigenvalue weighted by Gasteiger charge is -2.18. The highest BCUT2D eigenvalue weighted by atomic mass is 16.1. The number of aryl methyl sites for hydroxylation is 1. The summed E-state index contributed by atoms with van der Waals surface area (Å²) in [4.78, 5) is 31.8. The summed E-state index contributed by atoms with van der Waals surface area (Å²) >= 11 is 0. The molecule has 2 N–H and O–H groups in total. The molecule has 5 nitrogen and oxygen atoms in total. The molecule has 0 saturated heterocycles. The van der Waals surface area contributed by atoms with Crippen LogP contribution in [0.25, 0.3) is 10.9 Å². The van der Waals surface area contributed by atoms with Gasteiger partial charge in [0, 0.05) is 12.8 Å². The van der Waals surface area contributed by atoms with Crippen LogP contribution in [0.4, 0.5) is 0 Å². The van der Waals surface area contributed by atoms with Crippen molar-refractivity contribution in [3.63, 3.8) is 0 Å². The van der Waals surface area contributed by atoms with Crippen molar-refractivity contribution in [2.45, 2.75) is 31.7 Å². The van der Waals surface area contributed by atoms with Crippen molar-refractivity contribution in [3.05, 3.63) is 76.3 Å². The topological polar surface area (TPSA) is 74.8 Å². The van der Waals surface area contributed by atoms with E-state index >= 15 is 0 Å². The number of fused-ring (bicyclic) bond motifs is 1. The number of aromatic nitrogens is 2. The van der Waals surface area contributed by atoms with Gasteiger partial charge in [0.2, 0.25) is 5.91 Å². The fraction of sp³-hybridized carbons (Fsp3) is 0.286. The Labute approximate surface area is 151 Å². The normalized spacial score (nSPS) is 14.9. The molecule has 1 aliphatic rings. The summed E-state index contributed by atoms with van der Waals surface area (Å²) in [6.07, 6.45) is 3.02. The van der Waals surface area contributed by atoms with Gasteiger partial charge >= 0.3 is 0 Å². The number of nitrogens with zero attached hydrogens (tertiary/aromatic N) is 1. The second-order valence-corrected chi connectivity index (χ2v) is 6.82. The van der Waals surface area contributed by atoms with Gasteiger partial charge in [-0.15, -0.1) is 0 Å². The zero-order valence-corrected chi connectivity index (χ0v) is 14.4. The predicted octanol–water partition coefficient (Wildman–Crippen LogP) is 3.12. The molecule has 0 spiro atoms. The number of amides is 1. The first kappa shape index (κ1) is 16.5. The molecule has 1 aromatic heterocycles. The predicted molar refractivity (Wildman–Crippen MR) is 101 cm³/mol. The Balaban J connectivity index is 1.43. The Kier molecular flexibility index (Phi) is 4.52. The second kappa shape index (κ2) is 7.12. The Morgan fingerprint density at radius 1 is 1.12 bits per heavy atom. The fourth-order valence-corrected chi connectivity index (χ4v) is 3.29. The van der Waals surface area contributed by atoms with Crippen LogP contribution >= 0.6 is 0 Å². The summed E-state index contributed by atoms with van der Waals surface area (Å²) in [5.74, 6) is 1.06. The van der Waals surface area contributed by atoms with Crippen LogP contribution in [0, 0.1) is 5.92 Å². The molecule has 1 aliphatic carbocycles. The molecule has 1 heterocycles. The van der Waals surface area contributed by atoms with Gasteiger partial charge in [-0.05, 0) is 36.5 Å². The Bertz CT molecular complexity index is 977. The molecule has 1 saturated carbocycles. The quantitative estimate of drug-likeness (QED) is 0.719. The standard InChI is InChI=1S/C21H21N3O2/c25-19(24-20(15-10-11-15)14-6-2-1-3-7-14)13-12-18-22-17-9-5-4-8-16(17)21(26)23-18/h1-9,15,20H,10-13H2,(H,24,25)(H,22,23,26). The van der Waals surface area contributed by atoms with E-state index in [1.807, 2.05) is 36.4 Å². The highest BCUT2D eigenvalue weighted by Gasteiger charge is 2.33. The third kappa shape index (κ3) is 3.67. The number of rotatable bonds is 6. The molecular weight excluding hydrogens is 326 g/mol. The maximum atomic E-state index is 12.4. The third-order valence-electron chi connectivity index (χ3n) is 4.82. The average Bonchev–Trinajstić information content (AvgIpc) is 3.50. The monoisotopic (exact) mass is 347 g/mol. The van der Waals surface area contributed by atoms with Gasteiger partial charge in [-0.1, -0.05) is 42.5 Å². The Morgan fingerprint density at radius 2 is 1.85 bits per heavy atom. The van der Waals surface area contributed by atoms with Crippen LogP contribution in [0.3, 0.4) is 0 Å². The van der Waals surface area contributed by atoms with E-state index in [0.717, 1.165) is 18.4 Å². The molecule has 2 aromatic carbocycles. The van der Waals surface area contributed by atoms with Crippen molar-refractivity contribution in [2.24, 2.45) is 5.92 Å². The van der Waals surface area contributed by atoms with E-state index in [2.05, 4.69) is 27.4 Å². The van der Waals surface area contributed by atoms with Crippen LogP contribution in [-0.4, -0.2) is 15.9 Å². The van der Waals surface area contributed by atoms with Crippen molar-refractivity contribution in [1.29, 1.82) is 0 Å². The highest BCUT2D eigenvalue weighted by molar-refractivity contribution is 5.78. The third-order valence-corrected chi connectivity index (χ3v) is 4.82. The lowest BCUT2D eigenvalue weighted by atomic mass is 10.0. The number of hydrogen-bond acceptors (Lipinski definition) is 3. The molecule has 3 aromatic rings. The number of nitrogens with one attached hydrogen (secondary N) is 2. The lowest BCUT2D eigenvalue weighted by molar-refractivity contribution is -0.122. The summed E-state index contributed by atoms with van der Waals surface area (Å²) in [5.41, 5.74) is 1.65. The molecule has 1 amide bonds. The molecule has 1 fully saturated rings. The largest absolute Gasteiger partial charge is 0.349 e. The zero-order valence-electron chi connectivity index (χ0n) is 14.4. The molecule has 1 atom stereocenters. The SMILES string of the molecule is O=C(CCc1nc2ccccc2c(=O)[nH]1)NC(c1ccccc1)C1CC1. The average molecular weight is 347 g/mol. The first-order valence-corrected chi connectivity index (χ1v) is 9.03. The van der Waals surface area contributed by atoms with E-state index < -0.39 is 0 Å². The van der Waals surface area contributed by atoms with Crippen molar-refractivity contribution < 1.29 is 4.79 Å². The first-order valence-electron chi connectivity index (χ1n) is 9.03. The number of carbonyl (C=O) groups is 1. The number of aromatic amines is 1. The van der Waals surface area contributed by atoms with Crippen LogP contribution in [0.5, 0.6) is 0 Å². The molecular formula is C21H21N3O2. The van der Waals surface area contributed by atoms with Crippen LogP contribution in [0.2, 0.25) is 0 Å². The molecule has 0 bridgehead atoms. The highest BCUT2D eigenvalue weighted by Crippen LogP contribution is 2.40. The number of benzene rings is 2. The summed E-state index contributed by atoms with van der Waals surface area (Å²) in [5, 5.41) is 3.73. The van der Waals surface area contributed by atoms with E-state index in [4.69, 9.17) is 0 Å². The van der Waals surface area contributed by atoms with E-state index in [1.165, 1.54) is 0 Å². The van der Waals surface area contributed by atoms with Gasteiger partial charge in [-0.3, -0.25) is 9.59 Å². The van der Waals surface area contributed by atoms with Crippen LogP contribution in [-0.2, 0) is 11.2 Å². The fourth-order valence-electron chi connectivity index (χ4n) is 3.29. The van der Waals surface area contributed by atoms with Gasteiger partial charge < -0.3 is 10.3 Å². The molecule has 1 unspecified atom stereocenters. The number of para-hydroxylation sites is 1. The van der Waals surface area contributed by atoms with Gasteiger partial charge in [-0.25, -0.2) is 4.98 Å². The minimum Gasteiger partial charge on any atom is -0.349 e. The molecule has 5 heteroatoms. The Morgan fingerprint density at radius 3 is 2.62 bits per heavy atom. The minimum absolute atomic E-state index is 0.0124. The van der Waals surface area contributed by atoms with Crippen molar-refractivity contribution in [1.82, 2.24) is 15.3 Å². The van der Waals surface area contributed by atoms with Gasteiger partial charge in [0.1, 0.15) is 5.82 Å². The van der Waals surface area contributed by atoms with Crippen molar-refractivity contribution in [3.8, 4) is 0 Å². The molecule has 4 rings (SSSR count). The van der Waals surface area contributed by atoms with E-state index in [0.29, 0.717) is 35.5 Å². The molecule has 0 radical (unpaired) electrons. The summed E-state index contributed by atoms with van der Waals surface area (Å²) < 4.78 is 0. The van der Waals surface area contributed by atoms with Gasteiger partial charge in [0.25, 0.3) is 5.56 Å². The lowest BCUT2D eigenvalue weighted by Crippen LogP contribution is -2.30. The summed E-state index contributed by atoms with van der Waals surface area (Å²) in [6.45, 7) is 0. The van der Waals surface area contributed by atoms with Gasteiger partial charge in [0.05, 0.1) is 16.9 Å². The van der Waals surface area contributed by atoms with Crippen LogP contribution < -0.4 is 10.9 Å². The molecule has 0 aliphatic heterocycles. The van der Waals surface area contributed by atoms with Crippen molar-refractivity contribution >= 4 is 16.8 Å². The number of carbonyl (C=O) groups excluding carboxylic acids is 1. The first-order chi connectivity index (χ1) is 12.7. The smallest absolute Gasteiger partial charge is 0.258 e. The van der Waals surface area contributed by atoms with Gasteiger partial charge in [-0.2, -0.15) is 0 Å². The van der Waals surface area contributed by atoms with E-state index in [9.17, 15) is 9.59 Å². The zero-order chi connectivity index (χ0) is 17.9. The van der Waals surface area contributed by atoms with E-state index in [-0.39, 0.29) is 17.5 Å². The maximum Gasteiger partial charge on any atom is 0.258 e. The molecule has 132 valence electrons. The van der Waals surface area contributed by atoms with Crippen LogP contribution in [0.15, 0.2) is 59.4 Å². The van der Waals surface area contributed by atoms with Crippen molar-refractivity contribution in [2.75, 3.05) is 0 Å².